The quantitative estimate of drug-likeness (QED) is 0.638. The molecule has 4 nitrogen and oxygen atoms in total. The summed E-state index contributed by atoms with van der Waals surface area (Å²) in [4.78, 5) is 13.7. The number of ether oxygens (including phenoxy) is 2. The molecule has 1 saturated heterocycles. The molecule has 17 heavy (non-hydrogen) atoms. The molecule has 100 valence electrons. The fourth-order valence-corrected chi connectivity index (χ4v) is 2.09. The summed E-state index contributed by atoms with van der Waals surface area (Å²) in [6, 6.07) is 0. The minimum Gasteiger partial charge on any atom is -0.466 e. The summed E-state index contributed by atoms with van der Waals surface area (Å²) < 4.78 is 10.2. The van der Waals surface area contributed by atoms with Crippen molar-refractivity contribution >= 4 is 5.97 Å². The molecule has 1 atom stereocenters. The van der Waals surface area contributed by atoms with Gasteiger partial charge < -0.3 is 9.47 Å². The van der Waals surface area contributed by atoms with Crippen molar-refractivity contribution in [2.45, 2.75) is 33.1 Å². The molecular formula is C13H25NO3. The number of morpholine rings is 1. The first-order chi connectivity index (χ1) is 8.22. The molecule has 0 bridgehead atoms. The van der Waals surface area contributed by atoms with E-state index in [9.17, 15) is 4.79 Å². The van der Waals surface area contributed by atoms with E-state index in [1.54, 1.807) is 0 Å². The van der Waals surface area contributed by atoms with Crippen molar-refractivity contribution in [3.8, 4) is 0 Å². The first kappa shape index (κ1) is 14.5. The van der Waals surface area contributed by atoms with E-state index in [1.807, 2.05) is 6.92 Å². The van der Waals surface area contributed by atoms with E-state index < -0.39 is 0 Å². The second-order valence-electron chi connectivity index (χ2n) is 4.71. The molecule has 0 N–H and O–H groups in total. The first-order valence-electron chi connectivity index (χ1n) is 6.68. The summed E-state index contributed by atoms with van der Waals surface area (Å²) >= 11 is 0. The summed E-state index contributed by atoms with van der Waals surface area (Å²) in [6.45, 7) is 9.39. The second kappa shape index (κ2) is 8.48. The van der Waals surface area contributed by atoms with Crippen molar-refractivity contribution in [3.05, 3.63) is 0 Å². The Labute approximate surface area is 104 Å². The van der Waals surface area contributed by atoms with Crippen LogP contribution in [0.1, 0.15) is 33.1 Å². The van der Waals surface area contributed by atoms with E-state index >= 15 is 0 Å². The molecule has 1 aliphatic rings. The Morgan fingerprint density at radius 2 is 2.12 bits per heavy atom. The molecule has 0 spiro atoms. The van der Waals surface area contributed by atoms with Crippen molar-refractivity contribution in [1.82, 2.24) is 4.90 Å². The van der Waals surface area contributed by atoms with Gasteiger partial charge in [-0.1, -0.05) is 6.92 Å². The highest BCUT2D eigenvalue weighted by Crippen LogP contribution is 2.12. The zero-order chi connectivity index (χ0) is 12.5. The summed E-state index contributed by atoms with van der Waals surface area (Å²) in [5, 5.41) is 0. The summed E-state index contributed by atoms with van der Waals surface area (Å²) in [5.74, 6) is 0.362. The van der Waals surface area contributed by atoms with Crippen molar-refractivity contribution in [1.29, 1.82) is 0 Å². The summed E-state index contributed by atoms with van der Waals surface area (Å²) in [6.07, 6.45) is 2.80. The Kier molecular flexibility index (Phi) is 7.21. The van der Waals surface area contributed by atoms with Crippen molar-refractivity contribution < 1.29 is 14.3 Å². The van der Waals surface area contributed by atoms with Crippen LogP contribution in [-0.4, -0.2) is 50.3 Å². The molecule has 1 unspecified atom stereocenters. The van der Waals surface area contributed by atoms with Gasteiger partial charge in [-0.3, -0.25) is 9.69 Å². The standard InChI is InChI=1S/C13H25NO3/c1-3-17-13(15)11-12(2)5-4-6-14-7-9-16-10-8-14/h12H,3-11H2,1-2H3. The van der Waals surface area contributed by atoms with Gasteiger partial charge in [0, 0.05) is 19.5 Å². The number of carbonyl (C=O) groups excluding carboxylic acids is 1. The van der Waals surface area contributed by atoms with Crippen LogP contribution < -0.4 is 0 Å². The van der Waals surface area contributed by atoms with Crippen molar-refractivity contribution in [3.63, 3.8) is 0 Å². The third-order valence-electron chi connectivity index (χ3n) is 3.10. The minimum absolute atomic E-state index is 0.0635. The van der Waals surface area contributed by atoms with Gasteiger partial charge in [0.1, 0.15) is 0 Å². The van der Waals surface area contributed by atoms with Crippen LogP contribution in [0.15, 0.2) is 0 Å². The van der Waals surface area contributed by atoms with Gasteiger partial charge >= 0.3 is 5.97 Å². The van der Waals surface area contributed by atoms with Gasteiger partial charge in [-0.25, -0.2) is 0 Å². The number of nitrogens with zero attached hydrogens (tertiary/aromatic N) is 1. The maximum absolute atomic E-state index is 11.3. The first-order valence-corrected chi connectivity index (χ1v) is 6.68. The lowest BCUT2D eigenvalue weighted by atomic mass is 10.0. The topological polar surface area (TPSA) is 38.8 Å². The highest BCUT2D eigenvalue weighted by Gasteiger charge is 2.12. The molecule has 0 saturated carbocycles. The predicted molar refractivity (Wildman–Crippen MR) is 66.9 cm³/mol. The van der Waals surface area contributed by atoms with E-state index in [1.165, 1.54) is 0 Å². The van der Waals surface area contributed by atoms with Crippen LogP contribution in [0.4, 0.5) is 0 Å². The third-order valence-corrected chi connectivity index (χ3v) is 3.10. The Morgan fingerprint density at radius 3 is 2.76 bits per heavy atom. The molecule has 1 aliphatic heterocycles. The van der Waals surface area contributed by atoms with Crippen LogP contribution in [0.5, 0.6) is 0 Å². The molecule has 0 aromatic rings. The SMILES string of the molecule is CCOC(=O)CC(C)CCCN1CCOCC1. The zero-order valence-electron chi connectivity index (χ0n) is 11.1. The smallest absolute Gasteiger partial charge is 0.306 e. The number of carbonyl (C=O) groups is 1. The Balaban J connectivity index is 2.02. The second-order valence-corrected chi connectivity index (χ2v) is 4.71. The largest absolute Gasteiger partial charge is 0.466 e. The lowest BCUT2D eigenvalue weighted by molar-refractivity contribution is -0.144. The van der Waals surface area contributed by atoms with Gasteiger partial charge in [0.25, 0.3) is 0 Å². The average Bonchev–Trinajstić information content (AvgIpc) is 2.30. The lowest BCUT2D eigenvalue weighted by Gasteiger charge is -2.26. The highest BCUT2D eigenvalue weighted by molar-refractivity contribution is 5.69. The molecule has 4 heteroatoms. The molecule has 1 heterocycles. The van der Waals surface area contributed by atoms with Gasteiger partial charge in [0.05, 0.1) is 19.8 Å². The molecular weight excluding hydrogens is 218 g/mol. The molecule has 0 aliphatic carbocycles. The lowest BCUT2D eigenvalue weighted by Crippen LogP contribution is -2.36. The zero-order valence-corrected chi connectivity index (χ0v) is 11.1. The molecule has 1 rings (SSSR count). The van der Waals surface area contributed by atoms with Crippen LogP contribution in [0.3, 0.4) is 0 Å². The fraction of sp³-hybridized carbons (Fsp3) is 0.923. The molecule has 0 aromatic heterocycles. The highest BCUT2D eigenvalue weighted by atomic mass is 16.5. The number of rotatable bonds is 7. The van der Waals surface area contributed by atoms with Crippen LogP contribution >= 0.6 is 0 Å². The van der Waals surface area contributed by atoms with E-state index in [0.717, 1.165) is 45.7 Å². The number of hydrogen-bond donors (Lipinski definition) is 0. The molecule has 1 fully saturated rings. The summed E-state index contributed by atoms with van der Waals surface area (Å²) in [7, 11) is 0. The van der Waals surface area contributed by atoms with Crippen molar-refractivity contribution in [2.24, 2.45) is 5.92 Å². The molecule has 0 aromatic carbocycles. The third kappa shape index (κ3) is 6.64. The van der Waals surface area contributed by atoms with Crippen molar-refractivity contribution in [2.75, 3.05) is 39.5 Å². The minimum atomic E-state index is -0.0635. The van der Waals surface area contributed by atoms with E-state index in [-0.39, 0.29) is 5.97 Å². The molecule has 0 radical (unpaired) electrons. The van der Waals surface area contributed by atoms with Crippen LogP contribution in [-0.2, 0) is 14.3 Å². The van der Waals surface area contributed by atoms with Gasteiger partial charge in [-0.2, -0.15) is 0 Å². The Morgan fingerprint density at radius 1 is 1.41 bits per heavy atom. The summed E-state index contributed by atoms with van der Waals surface area (Å²) in [5.41, 5.74) is 0. The van der Waals surface area contributed by atoms with E-state index in [0.29, 0.717) is 18.9 Å². The predicted octanol–water partition coefficient (Wildman–Crippen LogP) is 1.69. The van der Waals surface area contributed by atoms with E-state index in [2.05, 4.69) is 11.8 Å². The fourth-order valence-electron chi connectivity index (χ4n) is 2.09. The Bertz CT molecular complexity index is 215. The number of esters is 1. The maximum atomic E-state index is 11.3. The van der Waals surface area contributed by atoms with Gasteiger partial charge in [-0.15, -0.1) is 0 Å². The van der Waals surface area contributed by atoms with Crippen LogP contribution in [0.2, 0.25) is 0 Å². The average molecular weight is 243 g/mol. The normalized spacial score (nSPS) is 18.9. The van der Waals surface area contributed by atoms with Gasteiger partial charge in [0.15, 0.2) is 0 Å². The monoisotopic (exact) mass is 243 g/mol. The Hall–Kier alpha value is -0.610. The number of hydrogen-bond acceptors (Lipinski definition) is 4. The maximum Gasteiger partial charge on any atom is 0.306 e. The van der Waals surface area contributed by atoms with Gasteiger partial charge in [-0.05, 0) is 32.2 Å². The van der Waals surface area contributed by atoms with Gasteiger partial charge in [0.2, 0.25) is 0 Å². The van der Waals surface area contributed by atoms with E-state index in [4.69, 9.17) is 9.47 Å². The van der Waals surface area contributed by atoms with Crippen LogP contribution in [0, 0.1) is 5.92 Å². The molecule has 0 amide bonds. The van der Waals surface area contributed by atoms with Crippen LogP contribution in [0.25, 0.3) is 0 Å².